The van der Waals surface area contributed by atoms with Crippen LogP contribution in [0.2, 0.25) is 0 Å². The second-order valence-corrected chi connectivity index (χ2v) is 9.87. The summed E-state index contributed by atoms with van der Waals surface area (Å²) in [6.07, 6.45) is 3.77. The molecule has 1 aromatic carbocycles. The van der Waals surface area contributed by atoms with Gasteiger partial charge in [0.25, 0.3) is 0 Å². The number of nitrogens with zero attached hydrogens (tertiary/aromatic N) is 4. The number of rotatable bonds is 5. The summed E-state index contributed by atoms with van der Waals surface area (Å²) in [5, 5.41) is 9.34. The molecular weight excluding hydrogens is 386 g/mol. The number of ether oxygens (including phenoxy) is 1. The van der Waals surface area contributed by atoms with Crippen LogP contribution in [0.25, 0.3) is 11.1 Å². The summed E-state index contributed by atoms with van der Waals surface area (Å²) in [5.41, 5.74) is 4.19. The Labute approximate surface area is 185 Å². The van der Waals surface area contributed by atoms with Crippen molar-refractivity contribution in [1.82, 2.24) is 10.3 Å². The van der Waals surface area contributed by atoms with E-state index >= 15 is 0 Å². The lowest BCUT2D eigenvalue weighted by molar-refractivity contribution is 0.160. The van der Waals surface area contributed by atoms with Gasteiger partial charge in [-0.05, 0) is 64.8 Å². The number of pyridine rings is 1. The zero-order valence-electron chi connectivity index (χ0n) is 19.3. The molecule has 0 atom stereocenters. The lowest BCUT2D eigenvalue weighted by atomic mass is 9.79. The Balaban J connectivity index is 1.62. The average molecular weight is 420 g/mol. The van der Waals surface area contributed by atoms with Gasteiger partial charge in [-0.25, -0.2) is 9.99 Å². The summed E-state index contributed by atoms with van der Waals surface area (Å²) in [7, 11) is 2.16. The number of hydrazone groups is 1. The molecule has 2 aliphatic heterocycles. The van der Waals surface area contributed by atoms with Crippen molar-refractivity contribution in [3.8, 4) is 16.9 Å². The molecular formula is C25H33N5O. The Morgan fingerprint density at radius 1 is 1.13 bits per heavy atom. The molecule has 1 fully saturated rings. The molecule has 0 bridgehead atoms. The van der Waals surface area contributed by atoms with Crippen LogP contribution in [-0.4, -0.2) is 35.9 Å². The molecule has 1 saturated heterocycles. The normalized spacial score (nSPS) is 18.9. The first-order chi connectivity index (χ1) is 14.6. The monoisotopic (exact) mass is 419 g/mol. The van der Waals surface area contributed by atoms with Crippen molar-refractivity contribution in [2.24, 2.45) is 5.10 Å². The quantitative estimate of drug-likeness (QED) is 0.549. The van der Waals surface area contributed by atoms with Gasteiger partial charge < -0.3 is 15.0 Å². The smallest absolute Gasteiger partial charge is 0.131 e. The van der Waals surface area contributed by atoms with Gasteiger partial charge in [0.1, 0.15) is 18.2 Å². The minimum Gasteiger partial charge on any atom is -0.487 e. The predicted octanol–water partition coefficient (Wildman–Crippen LogP) is 4.95. The van der Waals surface area contributed by atoms with Gasteiger partial charge in [-0.3, -0.25) is 0 Å². The van der Waals surface area contributed by atoms with E-state index < -0.39 is 0 Å². The van der Waals surface area contributed by atoms with Gasteiger partial charge in [0.2, 0.25) is 0 Å². The molecule has 0 unspecified atom stereocenters. The van der Waals surface area contributed by atoms with Gasteiger partial charge in [0, 0.05) is 54.3 Å². The minimum atomic E-state index is 0.0915. The van der Waals surface area contributed by atoms with Crippen molar-refractivity contribution in [3.63, 3.8) is 0 Å². The number of hydrogen-bond acceptors (Lipinski definition) is 6. The molecule has 6 heteroatoms. The van der Waals surface area contributed by atoms with Crippen molar-refractivity contribution in [3.05, 3.63) is 48.8 Å². The van der Waals surface area contributed by atoms with Gasteiger partial charge in [0.15, 0.2) is 0 Å². The zero-order chi connectivity index (χ0) is 22.4. The van der Waals surface area contributed by atoms with E-state index in [9.17, 15) is 0 Å². The lowest BCUT2D eigenvalue weighted by Gasteiger charge is -2.49. The van der Waals surface area contributed by atoms with E-state index in [0.29, 0.717) is 12.6 Å². The van der Waals surface area contributed by atoms with Crippen LogP contribution in [0.5, 0.6) is 5.75 Å². The molecule has 0 saturated carbocycles. The number of benzene rings is 1. The average Bonchev–Trinajstić information content (AvgIpc) is 2.71. The van der Waals surface area contributed by atoms with Crippen LogP contribution in [0, 0.1) is 0 Å². The van der Waals surface area contributed by atoms with Crippen LogP contribution in [-0.2, 0) is 6.61 Å². The highest BCUT2D eigenvalue weighted by Crippen LogP contribution is 2.40. The van der Waals surface area contributed by atoms with Crippen LogP contribution in [0.15, 0.2) is 48.2 Å². The number of hydrogen-bond donors (Lipinski definition) is 1. The fourth-order valence-corrected chi connectivity index (χ4v) is 5.16. The molecule has 4 rings (SSSR count). The molecule has 6 nitrogen and oxygen atoms in total. The first kappa shape index (κ1) is 21.4. The summed E-state index contributed by atoms with van der Waals surface area (Å²) in [5.74, 6) is 1.82. The molecule has 3 heterocycles. The maximum absolute atomic E-state index is 6.06. The van der Waals surface area contributed by atoms with Crippen molar-refractivity contribution in [1.29, 1.82) is 0 Å². The van der Waals surface area contributed by atoms with Gasteiger partial charge in [0.05, 0.1) is 11.4 Å². The summed E-state index contributed by atoms with van der Waals surface area (Å²) >= 11 is 0. The molecule has 2 aromatic rings. The van der Waals surface area contributed by atoms with Crippen LogP contribution >= 0.6 is 0 Å². The summed E-state index contributed by atoms with van der Waals surface area (Å²) in [6, 6.07) is 10.7. The van der Waals surface area contributed by atoms with Crippen LogP contribution in [0.1, 0.15) is 46.2 Å². The molecule has 0 radical (unpaired) electrons. The highest BCUT2D eigenvalue weighted by Gasteiger charge is 2.39. The Morgan fingerprint density at radius 2 is 1.81 bits per heavy atom. The van der Waals surface area contributed by atoms with Crippen molar-refractivity contribution in [2.45, 2.75) is 64.3 Å². The van der Waals surface area contributed by atoms with Crippen molar-refractivity contribution >= 4 is 18.2 Å². The largest absolute Gasteiger partial charge is 0.487 e. The van der Waals surface area contributed by atoms with E-state index in [1.165, 1.54) is 0 Å². The van der Waals surface area contributed by atoms with E-state index in [0.717, 1.165) is 46.9 Å². The minimum absolute atomic E-state index is 0.0915. The summed E-state index contributed by atoms with van der Waals surface area (Å²) in [4.78, 5) is 7.33. The predicted molar refractivity (Wildman–Crippen MR) is 129 cm³/mol. The van der Waals surface area contributed by atoms with Crippen molar-refractivity contribution in [2.75, 3.05) is 17.0 Å². The van der Waals surface area contributed by atoms with Gasteiger partial charge >= 0.3 is 0 Å². The third kappa shape index (κ3) is 4.17. The van der Waals surface area contributed by atoms with E-state index in [1.54, 1.807) is 11.2 Å². The third-order valence-corrected chi connectivity index (χ3v) is 6.25. The van der Waals surface area contributed by atoms with Gasteiger partial charge in [-0.15, -0.1) is 0 Å². The third-order valence-electron chi connectivity index (χ3n) is 6.25. The number of fused-ring (bicyclic) bond motifs is 3. The highest BCUT2D eigenvalue weighted by molar-refractivity contribution is 5.77. The number of piperidine rings is 1. The number of nitrogens with one attached hydrogen (secondary N) is 1. The highest BCUT2D eigenvalue weighted by atomic mass is 16.5. The molecule has 31 heavy (non-hydrogen) atoms. The molecule has 1 aromatic heterocycles. The summed E-state index contributed by atoms with van der Waals surface area (Å²) in [6.45, 7) is 16.9. The fourth-order valence-electron chi connectivity index (χ4n) is 5.16. The molecule has 0 spiro atoms. The topological polar surface area (TPSA) is 53.0 Å². The van der Waals surface area contributed by atoms with Crippen LogP contribution < -0.4 is 20.0 Å². The second-order valence-electron chi connectivity index (χ2n) is 9.87. The SMILES string of the molecule is C=CN(N=C)c1ccc2c(c1)OCc1nc(N(C)C3CC(C)(C)NC(C)(C)C3)ccc1-2. The number of aromatic nitrogens is 1. The van der Waals surface area contributed by atoms with Crippen molar-refractivity contribution < 1.29 is 4.74 Å². The molecule has 2 aliphatic rings. The Bertz CT molecular complexity index is 989. The maximum Gasteiger partial charge on any atom is 0.131 e. The molecule has 0 amide bonds. The molecule has 1 N–H and O–H groups in total. The molecule has 164 valence electrons. The Morgan fingerprint density at radius 3 is 2.45 bits per heavy atom. The van der Waals surface area contributed by atoms with E-state index in [4.69, 9.17) is 9.72 Å². The maximum atomic E-state index is 6.06. The zero-order valence-corrected chi connectivity index (χ0v) is 19.3. The van der Waals surface area contributed by atoms with E-state index in [2.05, 4.69) is 75.5 Å². The number of anilines is 2. The Hall–Kier alpha value is -2.86. The first-order valence-corrected chi connectivity index (χ1v) is 10.8. The van der Waals surface area contributed by atoms with E-state index in [-0.39, 0.29) is 11.1 Å². The van der Waals surface area contributed by atoms with Gasteiger partial charge in [-0.2, -0.15) is 5.10 Å². The van der Waals surface area contributed by atoms with E-state index in [1.807, 2.05) is 18.2 Å². The molecule has 0 aliphatic carbocycles. The van der Waals surface area contributed by atoms with Crippen LogP contribution in [0.3, 0.4) is 0 Å². The van der Waals surface area contributed by atoms with Crippen LogP contribution in [0.4, 0.5) is 11.5 Å². The standard InChI is InChI=1S/C25H33N5O/c1-8-30(26-6)17-9-10-20-19-11-12-23(27-21(19)16-31-22(20)13-17)29(7)18-14-24(2,3)28-25(4,5)15-18/h8-13,18,28H,1,6,14-16H2,2-5,7H3. The Kier molecular flexibility index (Phi) is 5.30. The lowest BCUT2D eigenvalue weighted by Crippen LogP contribution is -2.62. The van der Waals surface area contributed by atoms with Gasteiger partial charge in [-0.1, -0.05) is 6.58 Å². The first-order valence-electron chi connectivity index (χ1n) is 10.8. The fraction of sp³-hybridized carbons (Fsp3) is 0.440. The summed E-state index contributed by atoms with van der Waals surface area (Å²) < 4.78 is 6.06. The second kappa shape index (κ2) is 7.68.